The van der Waals surface area contributed by atoms with Crippen LogP contribution in [0.3, 0.4) is 0 Å². The van der Waals surface area contributed by atoms with Crippen molar-refractivity contribution in [3.8, 4) is 0 Å². The summed E-state index contributed by atoms with van der Waals surface area (Å²) in [7, 11) is -2.88. The molecule has 0 aliphatic heterocycles. The largest absolute Gasteiger partial charge is 0.393 e. The zero-order chi connectivity index (χ0) is 11.5. The second-order valence-electron chi connectivity index (χ2n) is 4.78. The number of hydrogen-bond donors (Lipinski definition) is 1. The van der Waals surface area contributed by atoms with Gasteiger partial charge >= 0.3 is 0 Å². The Morgan fingerprint density at radius 3 is 2.60 bits per heavy atom. The van der Waals surface area contributed by atoms with Gasteiger partial charge in [-0.2, -0.15) is 0 Å². The van der Waals surface area contributed by atoms with E-state index in [0.717, 1.165) is 38.5 Å². The Morgan fingerprint density at radius 1 is 1.40 bits per heavy atom. The fraction of sp³-hybridized carbons (Fsp3) is 1.00. The summed E-state index contributed by atoms with van der Waals surface area (Å²) in [4.78, 5) is 0. The molecule has 0 amide bonds. The third-order valence-corrected chi connectivity index (χ3v) is 5.06. The third kappa shape index (κ3) is 4.11. The second kappa shape index (κ2) is 5.30. The highest BCUT2D eigenvalue weighted by atomic mass is 32.2. The minimum absolute atomic E-state index is 0.166. The molecule has 1 aliphatic rings. The van der Waals surface area contributed by atoms with Gasteiger partial charge in [-0.25, -0.2) is 8.42 Å². The predicted molar refractivity (Wildman–Crippen MR) is 61.5 cm³/mol. The Labute approximate surface area is 92.8 Å². The fourth-order valence-electron chi connectivity index (χ4n) is 2.40. The summed E-state index contributed by atoms with van der Waals surface area (Å²) in [5.74, 6) is 0.397. The van der Waals surface area contributed by atoms with Crippen LogP contribution in [0.2, 0.25) is 0 Å². The van der Waals surface area contributed by atoms with Crippen molar-refractivity contribution in [2.45, 2.75) is 56.8 Å². The van der Waals surface area contributed by atoms with Crippen LogP contribution in [0.25, 0.3) is 0 Å². The molecule has 0 aromatic rings. The highest BCUT2D eigenvalue weighted by Gasteiger charge is 2.29. The minimum Gasteiger partial charge on any atom is -0.393 e. The van der Waals surface area contributed by atoms with Crippen LogP contribution in [0.1, 0.15) is 45.4 Å². The molecule has 1 fully saturated rings. The predicted octanol–water partition coefficient (Wildman–Crippen LogP) is 1.75. The highest BCUT2D eigenvalue weighted by Crippen LogP contribution is 2.31. The van der Waals surface area contributed by atoms with Gasteiger partial charge in [0.05, 0.1) is 11.4 Å². The van der Waals surface area contributed by atoms with E-state index in [1.54, 1.807) is 0 Å². The Kier molecular flexibility index (Phi) is 4.59. The van der Waals surface area contributed by atoms with Gasteiger partial charge in [-0.3, -0.25) is 0 Å². The lowest BCUT2D eigenvalue weighted by atomic mass is 9.84. The quantitative estimate of drug-likeness (QED) is 0.806. The van der Waals surface area contributed by atoms with Crippen LogP contribution in [-0.2, 0) is 9.84 Å². The maximum Gasteiger partial charge on any atom is 0.150 e. The SMILES string of the molecule is CCC(O)CC1CCCC(S(C)(=O)=O)C1. The van der Waals surface area contributed by atoms with Crippen molar-refractivity contribution in [1.29, 1.82) is 0 Å². The van der Waals surface area contributed by atoms with E-state index in [1.807, 2.05) is 6.92 Å². The molecular formula is C11H22O3S. The zero-order valence-electron chi connectivity index (χ0n) is 9.65. The van der Waals surface area contributed by atoms with E-state index in [1.165, 1.54) is 6.26 Å². The van der Waals surface area contributed by atoms with E-state index in [4.69, 9.17) is 0 Å². The molecule has 90 valence electrons. The first-order valence-corrected chi connectivity index (χ1v) is 7.75. The number of sulfone groups is 1. The van der Waals surface area contributed by atoms with E-state index in [9.17, 15) is 13.5 Å². The molecule has 0 heterocycles. The molecule has 1 N–H and O–H groups in total. The Balaban J connectivity index is 2.49. The summed E-state index contributed by atoms with van der Waals surface area (Å²) in [5.41, 5.74) is 0. The third-order valence-electron chi connectivity index (χ3n) is 3.42. The highest BCUT2D eigenvalue weighted by molar-refractivity contribution is 7.91. The fourth-order valence-corrected chi connectivity index (χ4v) is 3.61. The van der Waals surface area contributed by atoms with Crippen molar-refractivity contribution in [2.75, 3.05) is 6.26 Å². The maximum atomic E-state index is 11.4. The van der Waals surface area contributed by atoms with Crippen molar-refractivity contribution in [1.82, 2.24) is 0 Å². The zero-order valence-corrected chi connectivity index (χ0v) is 10.5. The molecule has 3 unspecified atom stereocenters. The average molecular weight is 234 g/mol. The van der Waals surface area contributed by atoms with Crippen LogP contribution in [0, 0.1) is 5.92 Å². The van der Waals surface area contributed by atoms with Gasteiger partial charge in [0.25, 0.3) is 0 Å². The van der Waals surface area contributed by atoms with Gasteiger partial charge < -0.3 is 5.11 Å². The first-order valence-electron chi connectivity index (χ1n) is 5.80. The Hall–Kier alpha value is -0.0900. The van der Waals surface area contributed by atoms with Crippen molar-refractivity contribution in [3.05, 3.63) is 0 Å². The van der Waals surface area contributed by atoms with E-state index >= 15 is 0 Å². The molecule has 1 saturated carbocycles. The summed E-state index contributed by atoms with van der Waals surface area (Å²) >= 11 is 0. The normalized spacial score (nSPS) is 30.1. The molecule has 1 aliphatic carbocycles. The number of aliphatic hydroxyl groups excluding tert-OH is 1. The maximum absolute atomic E-state index is 11.4. The van der Waals surface area contributed by atoms with Crippen LogP contribution < -0.4 is 0 Å². The molecular weight excluding hydrogens is 212 g/mol. The molecule has 3 atom stereocenters. The minimum atomic E-state index is -2.88. The van der Waals surface area contributed by atoms with Crippen molar-refractivity contribution < 1.29 is 13.5 Å². The number of rotatable bonds is 4. The first kappa shape index (κ1) is 13.0. The Morgan fingerprint density at radius 2 is 2.07 bits per heavy atom. The van der Waals surface area contributed by atoms with Gasteiger partial charge in [0.2, 0.25) is 0 Å². The van der Waals surface area contributed by atoms with Gasteiger partial charge in [0.15, 0.2) is 0 Å². The van der Waals surface area contributed by atoms with E-state index < -0.39 is 9.84 Å². The van der Waals surface area contributed by atoms with E-state index in [-0.39, 0.29) is 11.4 Å². The molecule has 15 heavy (non-hydrogen) atoms. The molecule has 0 spiro atoms. The molecule has 4 heteroatoms. The van der Waals surface area contributed by atoms with Crippen molar-refractivity contribution in [2.24, 2.45) is 5.92 Å². The number of aliphatic hydroxyl groups is 1. The molecule has 0 saturated heterocycles. The van der Waals surface area contributed by atoms with Crippen LogP contribution >= 0.6 is 0 Å². The summed E-state index contributed by atoms with van der Waals surface area (Å²) in [6, 6.07) is 0. The van der Waals surface area contributed by atoms with E-state index in [0.29, 0.717) is 5.92 Å². The first-order chi connectivity index (χ1) is 6.93. The lowest BCUT2D eigenvalue weighted by Gasteiger charge is -2.29. The van der Waals surface area contributed by atoms with Gasteiger partial charge in [0.1, 0.15) is 9.84 Å². The molecule has 3 nitrogen and oxygen atoms in total. The monoisotopic (exact) mass is 234 g/mol. The van der Waals surface area contributed by atoms with Crippen molar-refractivity contribution in [3.63, 3.8) is 0 Å². The smallest absolute Gasteiger partial charge is 0.150 e. The van der Waals surface area contributed by atoms with Crippen LogP contribution in [0.5, 0.6) is 0 Å². The standard InChI is InChI=1S/C11H22O3S/c1-3-10(12)7-9-5-4-6-11(8-9)15(2,13)14/h9-12H,3-8H2,1-2H3. The van der Waals surface area contributed by atoms with E-state index in [2.05, 4.69) is 0 Å². The average Bonchev–Trinajstić information content (AvgIpc) is 2.17. The van der Waals surface area contributed by atoms with Gasteiger partial charge in [-0.05, 0) is 31.6 Å². The molecule has 0 aromatic carbocycles. The summed E-state index contributed by atoms with van der Waals surface area (Å²) in [5, 5.41) is 9.38. The van der Waals surface area contributed by atoms with Gasteiger partial charge in [0, 0.05) is 6.26 Å². The molecule has 0 bridgehead atoms. The summed E-state index contributed by atoms with van der Waals surface area (Å²) in [6.45, 7) is 1.96. The van der Waals surface area contributed by atoms with Crippen LogP contribution in [0.4, 0.5) is 0 Å². The lowest BCUT2D eigenvalue weighted by molar-refractivity contribution is 0.127. The molecule has 1 rings (SSSR count). The van der Waals surface area contributed by atoms with Crippen LogP contribution in [-0.4, -0.2) is 31.1 Å². The van der Waals surface area contributed by atoms with Crippen molar-refractivity contribution >= 4 is 9.84 Å². The summed E-state index contributed by atoms with van der Waals surface area (Å²) in [6.07, 6.45) is 6.21. The summed E-state index contributed by atoms with van der Waals surface area (Å²) < 4.78 is 22.8. The van der Waals surface area contributed by atoms with Gasteiger partial charge in [-0.15, -0.1) is 0 Å². The second-order valence-corrected chi connectivity index (χ2v) is 7.11. The number of hydrogen-bond acceptors (Lipinski definition) is 3. The molecule has 0 radical (unpaired) electrons. The molecule has 0 aromatic heterocycles. The topological polar surface area (TPSA) is 54.4 Å². The van der Waals surface area contributed by atoms with Crippen LogP contribution in [0.15, 0.2) is 0 Å². The van der Waals surface area contributed by atoms with Gasteiger partial charge in [-0.1, -0.05) is 19.8 Å². The Bertz CT molecular complexity index is 284. The lowest BCUT2D eigenvalue weighted by Crippen LogP contribution is -2.29.